The molecule has 0 radical (unpaired) electrons. The van der Waals surface area contributed by atoms with Gasteiger partial charge in [0, 0.05) is 43.1 Å². The first-order chi connectivity index (χ1) is 11.5. The monoisotopic (exact) mass is 346 g/mol. The van der Waals surface area contributed by atoms with Gasteiger partial charge in [-0.3, -0.25) is 0 Å². The fourth-order valence-electron chi connectivity index (χ4n) is 3.70. The standard InChI is InChI=1S/C19H26N2O2S/c1-4-15-9-5-6-14-21(15)24(22,23)19-13-8-10-16-17(19)11-7-12-18(16)20(2)3/h7-8,10-13,15H,4-6,9,14H2,1-3H3. The number of nitrogens with zero attached hydrogens (tertiary/aromatic N) is 2. The summed E-state index contributed by atoms with van der Waals surface area (Å²) in [4.78, 5) is 2.46. The van der Waals surface area contributed by atoms with Crippen LogP contribution in [0.15, 0.2) is 41.3 Å². The minimum atomic E-state index is -3.48. The van der Waals surface area contributed by atoms with Gasteiger partial charge in [0.1, 0.15) is 0 Å². The molecule has 1 aliphatic rings. The number of hydrogen-bond donors (Lipinski definition) is 0. The van der Waals surface area contributed by atoms with E-state index >= 15 is 0 Å². The first-order valence-corrected chi connectivity index (χ1v) is 10.1. The molecule has 1 unspecified atom stereocenters. The molecule has 2 aromatic rings. The largest absolute Gasteiger partial charge is 0.377 e. The molecule has 0 bridgehead atoms. The first kappa shape index (κ1) is 17.2. The van der Waals surface area contributed by atoms with Crippen LogP contribution in [0.5, 0.6) is 0 Å². The van der Waals surface area contributed by atoms with Gasteiger partial charge in [0.25, 0.3) is 0 Å². The zero-order valence-corrected chi connectivity index (χ0v) is 15.5. The van der Waals surface area contributed by atoms with Crippen molar-refractivity contribution in [3.8, 4) is 0 Å². The van der Waals surface area contributed by atoms with E-state index in [0.29, 0.717) is 11.4 Å². The second-order valence-electron chi connectivity index (χ2n) is 6.70. The maximum Gasteiger partial charge on any atom is 0.243 e. The van der Waals surface area contributed by atoms with Gasteiger partial charge in [0.15, 0.2) is 0 Å². The molecule has 0 spiro atoms. The van der Waals surface area contributed by atoms with Crippen LogP contribution in [0.1, 0.15) is 32.6 Å². The third kappa shape index (κ3) is 2.91. The molecular weight excluding hydrogens is 320 g/mol. The summed E-state index contributed by atoms with van der Waals surface area (Å²) in [7, 11) is 0.482. The van der Waals surface area contributed by atoms with Crippen molar-refractivity contribution < 1.29 is 8.42 Å². The highest BCUT2D eigenvalue weighted by Gasteiger charge is 2.33. The van der Waals surface area contributed by atoms with E-state index in [1.807, 2.05) is 49.3 Å². The molecule has 4 nitrogen and oxygen atoms in total. The van der Waals surface area contributed by atoms with Crippen molar-refractivity contribution in [1.82, 2.24) is 4.31 Å². The van der Waals surface area contributed by atoms with Crippen molar-refractivity contribution in [2.45, 2.75) is 43.5 Å². The zero-order valence-electron chi connectivity index (χ0n) is 14.7. The molecule has 1 fully saturated rings. The Kier molecular flexibility index (Phi) is 4.83. The minimum Gasteiger partial charge on any atom is -0.377 e. The molecule has 0 saturated carbocycles. The van der Waals surface area contributed by atoms with E-state index in [4.69, 9.17) is 0 Å². The second-order valence-corrected chi connectivity index (χ2v) is 8.56. The summed E-state index contributed by atoms with van der Waals surface area (Å²) in [6.07, 6.45) is 3.89. The molecule has 0 aliphatic carbocycles. The summed E-state index contributed by atoms with van der Waals surface area (Å²) in [5.74, 6) is 0. The van der Waals surface area contributed by atoms with Gasteiger partial charge in [-0.2, -0.15) is 4.31 Å². The number of hydrogen-bond acceptors (Lipinski definition) is 3. The van der Waals surface area contributed by atoms with E-state index in [9.17, 15) is 8.42 Å². The van der Waals surface area contributed by atoms with Gasteiger partial charge in [-0.15, -0.1) is 0 Å². The molecule has 0 aromatic heterocycles. The van der Waals surface area contributed by atoms with E-state index in [-0.39, 0.29) is 6.04 Å². The van der Waals surface area contributed by atoms with Gasteiger partial charge >= 0.3 is 0 Å². The fraction of sp³-hybridized carbons (Fsp3) is 0.474. The lowest BCUT2D eigenvalue weighted by atomic mass is 10.0. The van der Waals surface area contributed by atoms with Crippen LogP contribution < -0.4 is 4.90 Å². The highest BCUT2D eigenvalue weighted by Crippen LogP contribution is 2.34. The van der Waals surface area contributed by atoms with E-state index in [2.05, 4.69) is 6.92 Å². The van der Waals surface area contributed by atoms with Crippen LogP contribution in [-0.2, 0) is 10.0 Å². The first-order valence-electron chi connectivity index (χ1n) is 8.67. The van der Waals surface area contributed by atoms with Gasteiger partial charge in [0.2, 0.25) is 10.0 Å². The molecule has 3 rings (SSSR count). The highest BCUT2D eigenvalue weighted by molar-refractivity contribution is 7.89. The zero-order chi connectivity index (χ0) is 17.3. The SMILES string of the molecule is CCC1CCCCN1S(=O)(=O)c1cccc2c(N(C)C)cccc12. The quantitative estimate of drug-likeness (QED) is 0.844. The Morgan fingerprint density at radius 3 is 2.50 bits per heavy atom. The average Bonchev–Trinajstić information content (AvgIpc) is 2.60. The topological polar surface area (TPSA) is 40.6 Å². The van der Waals surface area contributed by atoms with Gasteiger partial charge in [-0.1, -0.05) is 37.6 Å². The van der Waals surface area contributed by atoms with Gasteiger partial charge < -0.3 is 4.90 Å². The van der Waals surface area contributed by atoms with Crippen LogP contribution in [0.2, 0.25) is 0 Å². The van der Waals surface area contributed by atoms with E-state index < -0.39 is 10.0 Å². The van der Waals surface area contributed by atoms with Crippen LogP contribution in [-0.4, -0.2) is 39.4 Å². The van der Waals surface area contributed by atoms with Crippen LogP contribution in [0.3, 0.4) is 0 Å². The summed E-state index contributed by atoms with van der Waals surface area (Å²) in [6, 6.07) is 11.6. The summed E-state index contributed by atoms with van der Waals surface area (Å²) in [5.41, 5.74) is 1.04. The van der Waals surface area contributed by atoms with Crippen molar-refractivity contribution in [3.63, 3.8) is 0 Å². The molecule has 1 heterocycles. The van der Waals surface area contributed by atoms with Crippen molar-refractivity contribution in [2.75, 3.05) is 25.5 Å². The summed E-state index contributed by atoms with van der Waals surface area (Å²) >= 11 is 0. The van der Waals surface area contributed by atoms with E-state index in [0.717, 1.165) is 42.1 Å². The number of fused-ring (bicyclic) bond motifs is 1. The van der Waals surface area contributed by atoms with Crippen LogP contribution in [0.25, 0.3) is 10.8 Å². The van der Waals surface area contributed by atoms with E-state index in [1.165, 1.54) is 0 Å². The second kappa shape index (κ2) is 6.73. The summed E-state index contributed by atoms with van der Waals surface area (Å²) in [6.45, 7) is 2.70. The maximum atomic E-state index is 13.4. The normalized spacial score (nSPS) is 19.5. The smallest absolute Gasteiger partial charge is 0.243 e. The summed E-state index contributed by atoms with van der Waals surface area (Å²) < 4.78 is 28.5. The molecule has 1 saturated heterocycles. The maximum absolute atomic E-state index is 13.4. The Hall–Kier alpha value is -1.59. The van der Waals surface area contributed by atoms with Crippen LogP contribution >= 0.6 is 0 Å². The van der Waals surface area contributed by atoms with Crippen LogP contribution in [0.4, 0.5) is 5.69 Å². The lowest BCUT2D eigenvalue weighted by molar-refractivity contribution is 0.247. The lowest BCUT2D eigenvalue weighted by Gasteiger charge is -2.34. The van der Waals surface area contributed by atoms with Crippen molar-refractivity contribution in [3.05, 3.63) is 36.4 Å². The van der Waals surface area contributed by atoms with E-state index in [1.54, 1.807) is 10.4 Å². The minimum absolute atomic E-state index is 0.121. The van der Waals surface area contributed by atoms with Crippen molar-refractivity contribution in [2.24, 2.45) is 0 Å². The van der Waals surface area contributed by atoms with Crippen molar-refractivity contribution in [1.29, 1.82) is 0 Å². The number of piperidine rings is 1. The Labute approximate surface area is 145 Å². The third-order valence-electron chi connectivity index (χ3n) is 4.97. The number of benzene rings is 2. The Morgan fingerprint density at radius 2 is 1.79 bits per heavy atom. The molecule has 2 aromatic carbocycles. The molecule has 1 aliphatic heterocycles. The number of anilines is 1. The molecule has 130 valence electrons. The summed E-state index contributed by atoms with van der Waals surface area (Å²) in [5, 5.41) is 1.79. The predicted molar refractivity (Wildman–Crippen MR) is 100 cm³/mol. The molecule has 24 heavy (non-hydrogen) atoms. The third-order valence-corrected chi connectivity index (χ3v) is 6.98. The lowest BCUT2D eigenvalue weighted by Crippen LogP contribution is -2.43. The Balaban J connectivity index is 2.16. The molecule has 1 atom stereocenters. The molecule has 0 amide bonds. The molecule has 0 N–H and O–H groups in total. The van der Waals surface area contributed by atoms with Gasteiger partial charge in [0.05, 0.1) is 4.90 Å². The predicted octanol–water partition coefficient (Wildman–Crippen LogP) is 3.86. The van der Waals surface area contributed by atoms with Gasteiger partial charge in [-0.25, -0.2) is 8.42 Å². The van der Waals surface area contributed by atoms with Gasteiger partial charge in [-0.05, 0) is 31.4 Å². The number of rotatable bonds is 4. The average molecular weight is 346 g/mol. The Bertz CT molecular complexity index is 830. The molecule has 5 heteroatoms. The van der Waals surface area contributed by atoms with Crippen molar-refractivity contribution >= 4 is 26.5 Å². The highest BCUT2D eigenvalue weighted by atomic mass is 32.2. The van der Waals surface area contributed by atoms with Crippen LogP contribution in [0, 0.1) is 0 Å². The fourth-order valence-corrected chi connectivity index (χ4v) is 5.68. The molecular formula is C19H26N2O2S. The number of sulfonamides is 1. The Morgan fingerprint density at radius 1 is 1.08 bits per heavy atom.